The van der Waals surface area contributed by atoms with E-state index in [-0.39, 0.29) is 29.7 Å². The number of aromatic nitrogens is 2. The molecule has 3 aromatic rings. The summed E-state index contributed by atoms with van der Waals surface area (Å²) in [4.78, 5) is 41.2. The van der Waals surface area contributed by atoms with Gasteiger partial charge < -0.3 is 26.7 Å². The molecule has 0 aliphatic heterocycles. The predicted octanol–water partition coefficient (Wildman–Crippen LogP) is 3.69. The smallest absolute Gasteiger partial charge is 0.276 e. The van der Waals surface area contributed by atoms with Crippen LogP contribution < -0.4 is 22.1 Å². The number of carbonyl (C=O) groups is 3. The molecule has 0 unspecified atom stereocenters. The van der Waals surface area contributed by atoms with E-state index in [0.717, 1.165) is 0 Å². The number of anilines is 2. The third kappa shape index (κ3) is 6.80. The van der Waals surface area contributed by atoms with Crippen molar-refractivity contribution >= 4 is 53.1 Å². The number of benzene rings is 2. The second-order valence-electron chi connectivity index (χ2n) is 8.20. The Balaban J connectivity index is 0.00000408. The van der Waals surface area contributed by atoms with Gasteiger partial charge in [0.2, 0.25) is 0 Å². The second-order valence-corrected chi connectivity index (χ2v) is 8.61. The number of primary amides is 1. The first-order valence-electron chi connectivity index (χ1n) is 10.2. The van der Waals surface area contributed by atoms with Gasteiger partial charge in [-0.3, -0.25) is 14.4 Å². The Morgan fingerprint density at radius 3 is 2.09 bits per heavy atom. The lowest BCUT2D eigenvalue weighted by atomic mass is 10.0. The lowest BCUT2D eigenvalue weighted by Crippen LogP contribution is -2.33. The molecule has 0 spiro atoms. The molecule has 3 rings (SSSR count). The van der Waals surface area contributed by atoms with E-state index < -0.39 is 17.4 Å². The van der Waals surface area contributed by atoms with E-state index in [1.165, 1.54) is 10.9 Å². The van der Waals surface area contributed by atoms with Crippen molar-refractivity contribution in [3.63, 3.8) is 0 Å². The van der Waals surface area contributed by atoms with E-state index in [4.69, 9.17) is 23.1 Å². The van der Waals surface area contributed by atoms with Crippen molar-refractivity contribution in [1.29, 1.82) is 0 Å². The Morgan fingerprint density at radius 1 is 1.00 bits per heavy atom. The van der Waals surface area contributed by atoms with Gasteiger partial charge in [-0.05, 0) is 56.7 Å². The molecular formula is C23H26Cl2N6O3. The van der Waals surface area contributed by atoms with Gasteiger partial charge in [-0.2, -0.15) is 0 Å². The standard InChI is InChI=1S/C23H25ClN6O3.ClH/c1-23(2,26)11-12-30-13-27-18(19(30)20(25)31)22(33)29-15-9-7-14(8-10-15)28-21(32)16-5-3-4-6-17(16)24;/h3-10,13H,11-12,26H2,1-2H3,(H2,25,31)(H,28,32)(H,29,33);1H. The molecule has 2 aromatic carbocycles. The average molecular weight is 505 g/mol. The summed E-state index contributed by atoms with van der Waals surface area (Å²) in [6.45, 7) is 4.12. The van der Waals surface area contributed by atoms with Crippen molar-refractivity contribution in [2.24, 2.45) is 11.5 Å². The fourth-order valence-electron chi connectivity index (χ4n) is 3.06. The first-order chi connectivity index (χ1) is 15.5. The number of amides is 3. The highest BCUT2D eigenvalue weighted by atomic mass is 35.5. The van der Waals surface area contributed by atoms with Crippen LogP contribution >= 0.6 is 24.0 Å². The van der Waals surface area contributed by atoms with Gasteiger partial charge in [0, 0.05) is 23.5 Å². The maximum atomic E-state index is 12.7. The Morgan fingerprint density at radius 2 is 1.56 bits per heavy atom. The molecule has 3 amide bonds. The number of nitrogens with one attached hydrogen (secondary N) is 2. The SMILES string of the molecule is CC(C)(N)CCn1cnc(C(=O)Nc2ccc(NC(=O)c3ccccc3Cl)cc2)c1C(N)=O.Cl. The molecule has 0 atom stereocenters. The highest BCUT2D eigenvalue weighted by Gasteiger charge is 2.23. The molecule has 0 saturated carbocycles. The molecule has 0 aliphatic rings. The molecular weight excluding hydrogens is 479 g/mol. The average Bonchev–Trinajstić information content (AvgIpc) is 3.18. The minimum absolute atomic E-state index is 0. The Hall–Kier alpha value is -3.40. The van der Waals surface area contributed by atoms with Crippen LogP contribution in [-0.4, -0.2) is 32.8 Å². The number of rotatable bonds is 8. The predicted molar refractivity (Wildman–Crippen MR) is 135 cm³/mol. The van der Waals surface area contributed by atoms with Gasteiger partial charge in [-0.15, -0.1) is 12.4 Å². The van der Waals surface area contributed by atoms with Crippen molar-refractivity contribution in [3.05, 3.63) is 76.8 Å². The number of hydrogen-bond acceptors (Lipinski definition) is 5. The third-order valence-electron chi connectivity index (χ3n) is 4.80. The van der Waals surface area contributed by atoms with Crippen LogP contribution in [0.4, 0.5) is 11.4 Å². The third-order valence-corrected chi connectivity index (χ3v) is 5.13. The van der Waals surface area contributed by atoms with Crippen LogP contribution in [0.5, 0.6) is 0 Å². The topological polar surface area (TPSA) is 145 Å². The highest BCUT2D eigenvalue weighted by molar-refractivity contribution is 6.34. The molecule has 6 N–H and O–H groups in total. The molecule has 0 saturated heterocycles. The van der Waals surface area contributed by atoms with Crippen molar-refractivity contribution in [2.75, 3.05) is 10.6 Å². The maximum absolute atomic E-state index is 12.7. The zero-order valence-electron chi connectivity index (χ0n) is 18.7. The molecule has 0 radical (unpaired) electrons. The first-order valence-corrected chi connectivity index (χ1v) is 10.5. The van der Waals surface area contributed by atoms with E-state index in [2.05, 4.69) is 15.6 Å². The maximum Gasteiger partial charge on any atom is 0.276 e. The fourth-order valence-corrected chi connectivity index (χ4v) is 3.28. The number of halogens is 2. The van der Waals surface area contributed by atoms with Crippen LogP contribution in [0, 0.1) is 0 Å². The van der Waals surface area contributed by atoms with E-state index in [0.29, 0.717) is 34.9 Å². The van der Waals surface area contributed by atoms with E-state index in [1.54, 1.807) is 48.5 Å². The van der Waals surface area contributed by atoms with Crippen LogP contribution in [0.2, 0.25) is 5.02 Å². The number of hydrogen-bond donors (Lipinski definition) is 4. The minimum Gasteiger partial charge on any atom is -0.364 e. The normalized spacial score (nSPS) is 10.8. The van der Waals surface area contributed by atoms with Gasteiger partial charge in [-0.25, -0.2) is 4.98 Å². The van der Waals surface area contributed by atoms with E-state index >= 15 is 0 Å². The molecule has 34 heavy (non-hydrogen) atoms. The van der Waals surface area contributed by atoms with Gasteiger partial charge >= 0.3 is 0 Å². The summed E-state index contributed by atoms with van der Waals surface area (Å²) >= 11 is 6.05. The van der Waals surface area contributed by atoms with E-state index in [9.17, 15) is 14.4 Å². The molecule has 0 bridgehead atoms. The number of carbonyl (C=O) groups excluding carboxylic acids is 3. The lowest BCUT2D eigenvalue weighted by molar-refractivity contribution is 0.0967. The summed E-state index contributed by atoms with van der Waals surface area (Å²) in [5.74, 6) is -1.69. The number of nitrogens with zero attached hydrogens (tertiary/aromatic N) is 2. The number of nitrogens with two attached hydrogens (primary N) is 2. The van der Waals surface area contributed by atoms with Gasteiger partial charge in [0.15, 0.2) is 5.69 Å². The second kappa shape index (κ2) is 11.1. The number of imidazole rings is 1. The van der Waals surface area contributed by atoms with Crippen molar-refractivity contribution in [3.8, 4) is 0 Å². The van der Waals surface area contributed by atoms with Crippen LogP contribution in [0.15, 0.2) is 54.9 Å². The molecule has 9 nitrogen and oxygen atoms in total. The fraction of sp³-hybridized carbons (Fsp3) is 0.217. The lowest BCUT2D eigenvalue weighted by Gasteiger charge is -2.19. The van der Waals surface area contributed by atoms with Crippen molar-refractivity contribution < 1.29 is 14.4 Å². The van der Waals surface area contributed by atoms with Crippen LogP contribution in [0.1, 0.15) is 51.6 Å². The van der Waals surface area contributed by atoms with Crippen molar-refractivity contribution in [2.45, 2.75) is 32.4 Å². The van der Waals surface area contributed by atoms with E-state index in [1.807, 2.05) is 13.8 Å². The summed E-state index contributed by atoms with van der Waals surface area (Å²) in [5, 5.41) is 5.77. The van der Waals surface area contributed by atoms with Crippen LogP contribution in [-0.2, 0) is 6.54 Å². The molecule has 1 heterocycles. The monoisotopic (exact) mass is 504 g/mol. The summed E-state index contributed by atoms with van der Waals surface area (Å²) in [6.07, 6.45) is 1.96. The first kappa shape index (κ1) is 26.8. The molecule has 0 aliphatic carbocycles. The molecule has 0 fully saturated rings. The summed E-state index contributed by atoms with van der Waals surface area (Å²) < 4.78 is 1.53. The van der Waals surface area contributed by atoms with Gasteiger partial charge in [0.1, 0.15) is 5.69 Å². The molecule has 1 aromatic heterocycles. The Bertz CT molecular complexity index is 1190. The van der Waals surface area contributed by atoms with Gasteiger partial charge in [0.05, 0.1) is 16.9 Å². The van der Waals surface area contributed by atoms with Crippen LogP contribution in [0.25, 0.3) is 0 Å². The zero-order chi connectivity index (χ0) is 24.2. The highest BCUT2D eigenvalue weighted by Crippen LogP contribution is 2.20. The molecule has 180 valence electrons. The Kier molecular flexibility index (Phi) is 8.80. The van der Waals surface area contributed by atoms with Crippen molar-refractivity contribution in [1.82, 2.24) is 9.55 Å². The number of aryl methyl sites for hydroxylation is 1. The van der Waals surface area contributed by atoms with Gasteiger partial charge in [-0.1, -0.05) is 23.7 Å². The summed E-state index contributed by atoms with van der Waals surface area (Å²) in [7, 11) is 0. The summed E-state index contributed by atoms with van der Waals surface area (Å²) in [6, 6.07) is 13.2. The molecule has 11 heteroatoms. The Labute approximate surface area is 208 Å². The largest absolute Gasteiger partial charge is 0.364 e. The zero-order valence-corrected chi connectivity index (χ0v) is 20.2. The minimum atomic E-state index is -0.759. The summed E-state index contributed by atoms with van der Waals surface area (Å²) in [5.41, 5.74) is 12.3. The van der Waals surface area contributed by atoms with Crippen LogP contribution in [0.3, 0.4) is 0 Å². The van der Waals surface area contributed by atoms with Gasteiger partial charge in [0.25, 0.3) is 17.7 Å². The quantitative estimate of drug-likeness (QED) is 0.369.